The van der Waals surface area contributed by atoms with E-state index < -0.39 is 0 Å². The molecule has 1 heterocycles. The normalized spacial score (nSPS) is 25.8. The van der Waals surface area contributed by atoms with E-state index >= 15 is 0 Å². The lowest BCUT2D eigenvalue weighted by Crippen LogP contribution is -2.68. The third-order valence-corrected chi connectivity index (χ3v) is 5.45. The molecule has 2 saturated carbocycles. The van der Waals surface area contributed by atoms with E-state index in [1.165, 1.54) is 19.3 Å². The van der Waals surface area contributed by atoms with Crippen LogP contribution in [0.4, 0.5) is 0 Å². The number of ether oxygens (including phenoxy) is 1. The van der Waals surface area contributed by atoms with Gasteiger partial charge < -0.3 is 19.8 Å². The van der Waals surface area contributed by atoms with Gasteiger partial charge in [0.25, 0.3) is 0 Å². The number of oxazole rings is 1. The lowest BCUT2D eigenvalue weighted by atomic mass is 9.51. The van der Waals surface area contributed by atoms with Gasteiger partial charge in [0.2, 0.25) is 5.89 Å². The molecule has 2 aliphatic rings. The van der Waals surface area contributed by atoms with Crippen molar-refractivity contribution in [3.05, 3.63) is 17.3 Å². The highest BCUT2D eigenvalue weighted by atomic mass is 16.5. The zero-order valence-corrected chi connectivity index (χ0v) is 14.6. The molecular weight excluding hydrogens is 292 g/mol. The molecule has 128 valence electrons. The lowest BCUT2D eigenvalue weighted by Gasteiger charge is -2.61. The second-order valence-electron chi connectivity index (χ2n) is 6.64. The van der Waals surface area contributed by atoms with Crippen molar-refractivity contribution in [3.8, 4) is 0 Å². The van der Waals surface area contributed by atoms with Crippen LogP contribution >= 0.6 is 0 Å². The van der Waals surface area contributed by atoms with Crippen molar-refractivity contribution in [1.82, 2.24) is 15.6 Å². The van der Waals surface area contributed by atoms with Crippen molar-refractivity contribution in [2.45, 2.75) is 65.1 Å². The number of hydrogen-bond acceptors (Lipinski definition) is 4. The Morgan fingerprint density at radius 3 is 2.74 bits per heavy atom. The van der Waals surface area contributed by atoms with Gasteiger partial charge in [-0.2, -0.15) is 0 Å². The fourth-order valence-electron chi connectivity index (χ4n) is 3.77. The smallest absolute Gasteiger partial charge is 0.214 e. The Hall–Kier alpha value is -1.56. The number of guanidine groups is 1. The third-order valence-electron chi connectivity index (χ3n) is 5.45. The number of aliphatic imine (C=N–C) groups is 1. The van der Waals surface area contributed by atoms with Crippen LogP contribution in [-0.4, -0.2) is 36.7 Å². The number of hydrogen-bond donors (Lipinski definition) is 2. The second kappa shape index (κ2) is 6.51. The molecule has 1 spiro atoms. The first-order chi connectivity index (χ1) is 11.1. The van der Waals surface area contributed by atoms with Crippen LogP contribution in [0.25, 0.3) is 0 Å². The zero-order valence-electron chi connectivity index (χ0n) is 14.6. The maximum atomic E-state index is 5.90. The van der Waals surface area contributed by atoms with Gasteiger partial charge in [0.05, 0.1) is 18.3 Å². The predicted molar refractivity (Wildman–Crippen MR) is 89.4 cm³/mol. The summed E-state index contributed by atoms with van der Waals surface area (Å²) in [6.07, 6.45) is 5.29. The molecule has 0 aromatic carbocycles. The zero-order chi connectivity index (χ0) is 16.4. The molecule has 3 rings (SSSR count). The average Bonchev–Trinajstić information content (AvgIpc) is 2.78. The summed E-state index contributed by atoms with van der Waals surface area (Å²) in [5.41, 5.74) is 1.26. The summed E-state index contributed by atoms with van der Waals surface area (Å²) in [6, 6.07) is 0.451. The molecule has 6 nitrogen and oxygen atoms in total. The van der Waals surface area contributed by atoms with Crippen LogP contribution in [0, 0.1) is 19.3 Å². The van der Waals surface area contributed by atoms with Gasteiger partial charge in [-0.1, -0.05) is 6.42 Å². The SMILES string of the molecule is CCOC1CC(NC(=NC)NCc2nc(C)c(C)o2)C12CCC2. The van der Waals surface area contributed by atoms with Gasteiger partial charge in [-0.25, -0.2) is 4.98 Å². The molecular formula is C17H28N4O2. The monoisotopic (exact) mass is 320 g/mol. The first kappa shape index (κ1) is 16.3. The van der Waals surface area contributed by atoms with E-state index in [-0.39, 0.29) is 0 Å². The number of aromatic nitrogens is 1. The Labute approximate surface area is 138 Å². The Bertz CT molecular complexity index is 558. The van der Waals surface area contributed by atoms with Crippen molar-refractivity contribution in [1.29, 1.82) is 0 Å². The molecule has 1 aromatic rings. The number of aryl methyl sites for hydroxylation is 2. The molecule has 2 aliphatic carbocycles. The fraction of sp³-hybridized carbons (Fsp3) is 0.765. The first-order valence-corrected chi connectivity index (χ1v) is 8.60. The van der Waals surface area contributed by atoms with Crippen LogP contribution in [0.5, 0.6) is 0 Å². The minimum Gasteiger partial charge on any atom is -0.444 e. The summed E-state index contributed by atoms with van der Waals surface area (Å²) >= 11 is 0. The van der Waals surface area contributed by atoms with Crippen LogP contribution in [0.2, 0.25) is 0 Å². The van der Waals surface area contributed by atoms with E-state index in [1.807, 2.05) is 13.8 Å². The Morgan fingerprint density at radius 2 is 2.22 bits per heavy atom. The molecule has 0 saturated heterocycles. The molecule has 2 unspecified atom stereocenters. The standard InChI is InChI=1S/C17H28N4O2/c1-5-22-14-9-13(17(14)7-6-8-17)21-16(18-4)19-10-15-20-11(2)12(3)23-15/h13-14H,5-10H2,1-4H3,(H2,18,19,21). The maximum absolute atomic E-state index is 5.90. The van der Waals surface area contributed by atoms with Gasteiger partial charge in [0.1, 0.15) is 5.76 Å². The summed E-state index contributed by atoms with van der Waals surface area (Å²) < 4.78 is 11.5. The minimum atomic E-state index is 0.323. The molecule has 2 N–H and O–H groups in total. The van der Waals surface area contributed by atoms with E-state index in [2.05, 4.69) is 27.5 Å². The van der Waals surface area contributed by atoms with Crippen molar-refractivity contribution in [3.63, 3.8) is 0 Å². The molecule has 23 heavy (non-hydrogen) atoms. The summed E-state index contributed by atoms with van der Waals surface area (Å²) in [4.78, 5) is 8.72. The minimum absolute atomic E-state index is 0.323. The van der Waals surface area contributed by atoms with Crippen molar-refractivity contribution in [2.75, 3.05) is 13.7 Å². The molecule has 2 fully saturated rings. The summed E-state index contributed by atoms with van der Waals surface area (Å²) in [5.74, 6) is 2.38. The summed E-state index contributed by atoms with van der Waals surface area (Å²) in [7, 11) is 1.80. The maximum Gasteiger partial charge on any atom is 0.214 e. The van der Waals surface area contributed by atoms with Crippen LogP contribution in [0.15, 0.2) is 9.41 Å². The van der Waals surface area contributed by atoms with Gasteiger partial charge in [0, 0.05) is 25.1 Å². The molecule has 0 bridgehead atoms. The van der Waals surface area contributed by atoms with Crippen LogP contribution < -0.4 is 10.6 Å². The number of rotatable bonds is 5. The van der Waals surface area contributed by atoms with Gasteiger partial charge in [-0.15, -0.1) is 0 Å². The molecule has 2 atom stereocenters. The van der Waals surface area contributed by atoms with E-state index in [1.54, 1.807) is 7.05 Å². The van der Waals surface area contributed by atoms with Crippen LogP contribution in [-0.2, 0) is 11.3 Å². The van der Waals surface area contributed by atoms with E-state index in [9.17, 15) is 0 Å². The fourth-order valence-corrected chi connectivity index (χ4v) is 3.77. The number of nitrogens with zero attached hydrogens (tertiary/aromatic N) is 2. The molecule has 6 heteroatoms. The van der Waals surface area contributed by atoms with Gasteiger partial charge in [0.15, 0.2) is 5.96 Å². The van der Waals surface area contributed by atoms with E-state index in [4.69, 9.17) is 9.15 Å². The summed E-state index contributed by atoms with van der Waals surface area (Å²) in [5, 5.41) is 6.87. The molecule has 0 radical (unpaired) electrons. The highest BCUT2D eigenvalue weighted by Crippen LogP contribution is 2.57. The average molecular weight is 320 g/mol. The van der Waals surface area contributed by atoms with Gasteiger partial charge in [-0.05, 0) is 40.0 Å². The topological polar surface area (TPSA) is 71.7 Å². The summed E-state index contributed by atoms with van der Waals surface area (Å²) in [6.45, 7) is 7.31. The highest BCUT2D eigenvalue weighted by molar-refractivity contribution is 5.80. The number of nitrogens with one attached hydrogen (secondary N) is 2. The molecule has 1 aromatic heterocycles. The van der Waals surface area contributed by atoms with Crippen molar-refractivity contribution in [2.24, 2.45) is 10.4 Å². The van der Waals surface area contributed by atoms with E-state index in [0.717, 1.165) is 30.4 Å². The van der Waals surface area contributed by atoms with E-state index in [0.29, 0.717) is 30.0 Å². The van der Waals surface area contributed by atoms with Crippen LogP contribution in [0.1, 0.15) is 50.0 Å². The van der Waals surface area contributed by atoms with Crippen molar-refractivity contribution >= 4 is 5.96 Å². The molecule has 0 aliphatic heterocycles. The molecule has 0 amide bonds. The lowest BCUT2D eigenvalue weighted by molar-refractivity contribution is -0.168. The van der Waals surface area contributed by atoms with Gasteiger partial charge in [-0.3, -0.25) is 4.99 Å². The van der Waals surface area contributed by atoms with Crippen molar-refractivity contribution < 1.29 is 9.15 Å². The highest BCUT2D eigenvalue weighted by Gasteiger charge is 2.59. The quantitative estimate of drug-likeness (QED) is 0.643. The Kier molecular flexibility index (Phi) is 4.62. The Morgan fingerprint density at radius 1 is 1.43 bits per heavy atom. The Balaban J connectivity index is 1.54. The van der Waals surface area contributed by atoms with Crippen LogP contribution in [0.3, 0.4) is 0 Å². The third kappa shape index (κ3) is 2.96. The second-order valence-corrected chi connectivity index (χ2v) is 6.64. The first-order valence-electron chi connectivity index (χ1n) is 8.60. The predicted octanol–water partition coefficient (Wildman–Crippen LogP) is 2.30. The van der Waals surface area contributed by atoms with Gasteiger partial charge >= 0.3 is 0 Å². The largest absolute Gasteiger partial charge is 0.444 e.